The molecular formula is C11H12BrNO3. The first-order valence-corrected chi connectivity index (χ1v) is 5.46. The minimum absolute atomic E-state index is 0.0399. The number of primary amides is 1. The molecule has 86 valence electrons. The smallest absolute Gasteiger partial charge is 0.241 e. The molecule has 0 bridgehead atoms. The highest BCUT2D eigenvalue weighted by atomic mass is 79.9. The van der Waals surface area contributed by atoms with Crippen molar-refractivity contribution >= 4 is 27.9 Å². The van der Waals surface area contributed by atoms with Crippen molar-refractivity contribution < 1.29 is 14.6 Å². The van der Waals surface area contributed by atoms with Gasteiger partial charge in [-0.25, -0.2) is 0 Å². The molecule has 0 atom stereocenters. The van der Waals surface area contributed by atoms with Crippen molar-refractivity contribution in [3.8, 4) is 11.5 Å². The van der Waals surface area contributed by atoms with E-state index in [1.165, 1.54) is 6.08 Å². The lowest BCUT2D eigenvalue weighted by molar-refractivity contribution is -0.113. The van der Waals surface area contributed by atoms with Gasteiger partial charge in [-0.2, -0.15) is 0 Å². The Morgan fingerprint density at radius 3 is 2.88 bits per heavy atom. The molecular weight excluding hydrogens is 274 g/mol. The summed E-state index contributed by atoms with van der Waals surface area (Å²) < 4.78 is 5.74. The fourth-order valence-corrected chi connectivity index (χ4v) is 1.59. The second-order valence-corrected chi connectivity index (χ2v) is 3.87. The van der Waals surface area contributed by atoms with E-state index in [0.29, 0.717) is 22.4 Å². The lowest BCUT2D eigenvalue weighted by Crippen LogP contribution is -2.05. The number of benzene rings is 1. The number of hydrogen-bond acceptors (Lipinski definition) is 3. The first-order chi connectivity index (χ1) is 7.54. The second-order valence-electron chi connectivity index (χ2n) is 3.02. The molecule has 1 rings (SSSR count). The summed E-state index contributed by atoms with van der Waals surface area (Å²) in [5, 5.41) is 9.64. The predicted molar refractivity (Wildman–Crippen MR) is 65.2 cm³/mol. The van der Waals surface area contributed by atoms with Crippen LogP contribution in [0.5, 0.6) is 11.5 Å². The molecule has 1 amide bonds. The number of nitrogens with two attached hydrogens (primary N) is 1. The van der Waals surface area contributed by atoms with Gasteiger partial charge in [0.1, 0.15) is 0 Å². The maximum Gasteiger partial charge on any atom is 0.241 e. The summed E-state index contributed by atoms with van der Waals surface area (Å²) in [5.41, 5.74) is 5.70. The van der Waals surface area contributed by atoms with E-state index in [9.17, 15) is 9.90 Å². The molecule has 0 aliphatic carbocycles. The molecule has 0 spiro atoms. The summed E-state index contributed by atoms with van der Waals surface area (Å²) in [6.45, 7) is 2.27. The number of phenolic OH excluding ortho intramolecular Hbond substituents is 1. The van der Waals surface area contributed by atoms with E-state index >= 15 is 0 Å². The molecule has 0 heterocycles. The van der Waals surface area contributed by atoms with Crippen molar-refractivity contribution in [1.29, 1.82) is 0 Å². The number of carbonyl (C=O) groups excluding carboxylic acids is 1. The zero-order valence-electron chi connectivity index (χ0n) is 8.74. The number of ether oxygens (including phenoxy) is 1. The van der Waals surface area contributed by atoms with E-state index in [1.54, 1.807) is 18.2 Å². The molecule has 0 aliphatic heterocycles. The number of phenols is 1. The highest BCUT2D eigenvalue weighted by molar-refractivity contribution is 9.10. The third-order valence-electron chi connectivity index (χ3n) is 1.79. The van der Waals surface area contributed by atoms with Gasteiger partial charge in [-0.15, -0.1) is 0 Å². The number of hydrogen-bond donors (Lipinski definition) is 2. The zero-order chi connectivity index (χ0) is 12.1. The normalized spacial score (nSPS) is 10.6. The van der Waals surface area contributed by atoms with Gasteiger partial charge in [0.05, 0.1) is 11.1 Å². The zero-order valence-corrected chi connectivity index (χ0v) is 10.3. The Hall–Kier alpha value is -1.49. The molecule has 0 fully saturated rings. The second kappa shape index (κ2) is 5.55. The summed E-state index contributed by atoms with van der Waals surface area (Å²) in [4.78, 5) is 10.6. The van der Waals surface area contributed by atoms with E-state index in [2.05, 4.69) is 15.9 Å². The van der Waals surface area contributed by atoms with Crippen LogP contribution < -0.4 is 10.5 Å². The summed E-state index contributed by atoms with van der Waals surface area (Å²) in [7, 11) is 0. The van der Waals surface area contributed by atoms with Gasteiger partial charge in [-0.3, -0.25) is 4.79 Å². The van der Waals surface area contributed by atoms with Crippen molar-refractivity contribution in [2.75, 3.05) is 6.61 Å². The molecule has 1 aromatic rings. The van der Waals surface area contributed by atoms with Gasteiger partial charge in [-0.1, -0.05) is 0 Å². The Morgan fingerprint density at radius 1 is 1.62 bits per heavy atom. The van der Waals surface area contributed by atoms with Gasteiger partial charge in [-0.05, 0) is 46.6 Å². The minimum atomic E-state index is -0.526. The van der Waals surface area contributed by atoms with Crippen molar-refractivity contribution in [3.63, 3.8) is 0 Å². The van der Waals surface area contributed by atoms with Crippen LogP contribution in [-0.2, 0) is 4.79 Å². The number of halogens is 1. The van der Waals surface area contributed by atoms with Gasteiger partial charge >= 0.3 is 0 Å². The number of aromatic hydroxyl groups is 1. The van der Waals surface area contributed by atoms with Crippen molar-refractivity contribution in [2.45, 2.75) is 6.92 Å². The highest BCUT2D eigenvalue weighted by Gasteiger charge is 2.07. The Kier molecular flexibility index (Phi) is 4.37. The monoisotopic (exact) mass is 285 g/mol. The quantitative estimate of drug-likeness (QED) is 0.832. The number of carbonyl (C=O) groups is 1. The van der Waals surface area contributed by atoms with Crippen LogP contribution in [0.1, 0.15) is 12.5 Å². The van der Waals surface area contributed by atoms with Crippen LogP contribution in [-0.4, -0.2) is 17.6 Å². The lowest BCUT2D eigenvalue weighted by atomic mass is 10.2. The fraction of sp³-hybridized carbons (Fsp3) is 0.182. The van der Waals surface area contributed by atoms with E-state index in [4.69, 9.17) is 10.5 Å². The molecule has 1 aromatic carbocycles. The number of rotatable bonds is 4. The van der Waals surface area contributed by atoms with Crippen molar-refractivity contribution in [1.82, 2.24) is 0 Å². The van der Waals surface area contributed by atoms with Gasteiger partial charge < -0.3 is 15.6 Å². The first-order valence-electron chi connectivity index (χ1n) is 4.67. The Labute approximate surface area is 102 Å². The van der Waals surface area contributed by atoms with Crippen LogP contribution in [0.3, 0.4) is 0 Å². The lowest BCUT2D eigenvalue weighted by Gasteiger charge is -2.08. The van der Waals surface area contributed by atoms with Gasteiger partial charge in [0, 0.05) is 6.08 Å². The molecule has 0 unspecified atom stereocenters. The van der Waals surface area contributed by atoms with Crippen LogP contribution in [0, 0.1) is 0 Å². The minimum Gasteiger partial charge on any atom is -0.503 e. The maximum atomic E-state index is 10.6. The summed E-state index contributed by atoms with van der Waals surface area (Å²) in [5.74, 6) is -0.124. The Balaban J connectivity index is 3.08. The first kappa shape index (κ1) is 12.6. The third-order valence-corrected chi connectivity index (χ3v) is 2.40. The molecule has 0 saturated heterocycles. The summed E-state index contributed by atoms with van der Waals surface area (Å²) in [6, 6.07) is 3.29. The maximum absolute atomic E-state index is 10.6. The molecule has 4 nitrogen and oxygen atoms in total. The Morgan fingerprint density at radius 2 is 2.31 bits per heavy atom. The van der Waals surface area contributed by atoms with Gasteiger partial charge in [0.15, 0.2) is 11.5 Å². The van der Waals surface area contributed by atoms with E-state index in [1.807, 2.05) is 6.92 Å². The molecule has 0 saturated carbocycles. The predicted octanol–water partition coefficient (Wildman–Crippen LogP) is 2.05. The third kappa shape index (κ3) is 3.27. The molecule has 16 heavy (non-hydrogen) atoms. The highest BCUT2D eigenvalue weighted by Crippen LogP contribution is 2.35. The van der Waals surface area contributed by atoms with E-state index in [-0.39, 0.29) is 5.75 Å². The fourth-order valence-electron chi connectivity index (χ4n) is 1.13. The Bertz CT molecular complexity index is 429. The van der Waals surface area contributed by atoms with Gasteiger partial charge in [0.2, 0.25) is 5.91 Å². The van der Waals surface area contributed by atoms with Crippen molar-refractivity contribution in [3.05, 3.63) is 28.2 Å². The van der Waals surface area contributed by atoms with Crippen LogP contribution in [0.25, 0.3) is 6.08 Å². The molecule has 0 radical (unpaired) electrons. The van der Waals surface area contributed by atoms with Crippen LogP contribution in [0.2, 0.25) is 0 Å². The summed E-state index contributed by atoms with van der Waals surface area (Å²) in [6.07, 6.45) is 2.80. The molecule has 3 N–H and O–H groups in total. The van der Waals surface area contributed by atoms with E-state index in [0.717, 1.165) is 0 Å². The van der Waals surface area contributed by atoms with Crippen LogP contribution in [0.4, 0.5) is 0 Å². The SMILES string of the molecule is CCOc1cc(/C=C/C(N)=O)cc(Br)c1O. The standard InChI is InChI=1S/C11H12BrNO3/c1-2-16-9-6-7(3-4-10(13)14)5-8(12)11(9)15/h3-6,15H,2H2,1H3,(H2,13,14)/b4-3+. The topological polar surface area (TPSA) is 72.5 Å². The largest absolute Gasteiger partial charge is 0.503 e. The van der Waals surface area contributed by atoms with Crippen LogP contribution >= 0.6 is 15.9 Å². The average molecular weight is 286 g/mol. The molecule has 5 heteroatoms. The summed E-state index contributed by atoms with van der Waals surface area (Å²) >= 11 is 3.19. The molecule has 0 aromatic heterocycles. The van der Waals surface area contributed by atoms with Gasteiger partial charge in [0.25, 0.3) is 0 Å². The number of amides is 1. The average Bonchev–Trinajstić information content (AvgIpc) is 2.22. The molecule has 0 aliphatic rings. The van der Waals surface area contributed by atoms with E-state index < -0.39 is 5.91 Å². The van der Waals surface area contributed by atoms with Crippen molar-refractivity contribution in [2.24, 2.45) is 5.73 Å². The van der Waals surface area contributed by atoms with Crippen LogP contribution in [0.15, 0.2) is 22.7 Å².